The van der Waals surface area contributed by atoms with Crippen LogP contribution >= 0.6 is 11.3 Å². The molecule has 1 aliphatic rings. The van der Waals surface area contributed by atoms with E-state index in [2.05, 4.69) is 16.4 Å². The van der Waals surface area contributed by atoms with Gasteiger partial charge in [0.25, 0.3) is 0 Å². The summed E-state index contributed by atoms with van der Waals surface area (Å²) in [4.78, 5) is 27.5. The normalized spacial score (nSPS) is 16.0. The summed E-state index contributed by atoms with van der Waals surface area (Å²) < 4.78 is 1.17. The van der Waals surface area contributed by atoms with Gasteiger partial charge in [-0.3, -0.25) is 9.59 Å². The van der Waals surface area contributed by atoms with E-state index in [1.54, 1.807) is 11.3 Å². The minimum Gasteiger partial charge on any atom is -0.481 e. The Bertz CT molecular complexity index is 688. The van der Waals surface area contributed by atoms with Crippen molar-refractivity contribution in [1.82, 2.24) is 10.3 Å². The van der Waals surface area contributed by atoms with Crippen LogP contribution in [0.15, 0.2) is 24.3 Å². The Hall–Kier alpha value is -1.95. The topological polar surface area (TPSA) is 79.3 Å². The lowest BCUT2D eigenvalue weighted by atomic mass is 9.74. The molecule has 0 saturated heterocycles. The van der Waals surface area contributed by atoms with Gasteiger partial charge >= 0.3 is 5.97 Å². The fourth-order valence-electron chi connectivity index (χ4n) is 3.02. The number of benzene rings is 1. The van der Waals surface area contributed by atoms with Crippen molar-refractivity contribution in [2.75, 3.05) is 0 Å². The molecule has 1 fully saturated rings. The molecular formula is C17H20N2O3S. The molecule has 0 spiro atoms. The Morgan fingerprint density at radius 1 is 1.30 bits per heavy atom. The third-order valence-corrected chi connectivity index (χ3v) is 5.43. The molecule has 0 unspecified atom stereocenters. The van der Waals surface area contributed by atoms with Gasteiger partial charge in [0.05, 0.1) is 27.2 Å². The van der Waals surface area contributed by atoms with Crippen molar-refractivity contribution in [2.24, 2.45) is 0 Å². The molecule has 1 aromatic heterocycles. The lowest BCUT2D eigenvalue weighted by molar-refractivity contribution is -0.140. The van der Waals surface area contributed by atoms with Gasteiger partial charge in [0.2, 0.25) is 5.91 Å². The van der Waals surface area contributed by atoms with Crippen LogP contribution in [0.2, 0.25) is 0 Å². The number of hydrogen-bond acceptors (Lipinski definition) is 4. The number of carbonyl (C=O) groups excluding carboxylic acids is 1. The van der Waals surface area contributed by atoms with Gasteiger partial charge in [-0.25, -0.2) is 4.98 Å². The number of hydrogen-bond donors (Lipinski definition) is 2. The fraction of sp³-hybridized carbons (Fsp3) is 0.471. The smallest absolute Gasteiger partial charge is 0.305 e. The molecule has 1 aromatic carbocycles. The zero-order valence-electron chi connectivity index (χ0n) is 12.9. The van der Waals surface area contributed by atoms with Gasteiger partial charge in [-0.1, -0.05) is 12.1 Å². The Kier molecular flexibility index (Phi) is 4.61. The van der Waals surface area contributed by atoms with E-state index in [4.69, 9.17) is 5.11 Å². The minimum atomic E-state index is -0.848. The predicted molar refractivity (Wildman–Crippen MR) is 89.5 cm³/mol. The number of carboxylic acids is 1. The van der Waals surface area contributed by atoms with E-state index in [1.165, 1.54) is 4.70 Å². The molecule has 0 aliphatic heterocycles. The number of aromatic nitrogens is 1. The lowest BCUT2D eigenvalue weighted by Crippen LogP contribution is -2.54. The van der Waals surface area contributed by atoms with Crippen LogP contribution in [0.4, 0.5) is 0 Å². The molecule has 0 bridgehead atoms. The number of para-hydroxylation sites is 1. The molecule has 1 saturated carbocycles. The van der Waals surface area contributed by atoms with Crippen molar-refractivity contribution in [3.8, 4) is 0 Å². The van der Waals surface area contributed by atoms with E-state index in [-0.39, 0.29) is 12.3 Å². The summed E-state index contributed by atoms with van der Waals surface area (Å²) in [5.74, 6) is -0.897. The van der Waals surface area contributed by atoms with Crippen LogP contribution in [0.1, 0.15) is 43.5 Å². The van der Waals surface area contributed by atoms with Crippen molar-refractivity contribution in [3.63, 3.8) is 0 Å². The molecule has 0 radical (unpaired) electrons. The molecule has 2 N–H and O–H groups in total. The molecule has 1 heterocycles. The quantitative estimate of drug-likeness (QED) is 0.816. The van der Waals surface area contributed by atoms with Crippen molar-refractivity contribution < 1.29 is 14.7 Å². The number of amides is 1. The van der Waals surface area contributed by atoms with Gasteiger partial charge < -0.3 is 10.4 Å². The third-order valence-electron chi connectivity index (χ3n) is 4.34. The first-order valence-corrected chi connectivity index (χ1v) is 8.75. The SMILES string of the molecule is O=C(O)CC1(NC(=O)CCCc2nc3ccccc3s2)CCC1. The van der Waals surface area contributed by atoms with Crippen LogP contribution in [-0.2, 0) is 16.0 Å². The predicted octanol–water partition coefficient (Wildman–Crippen LogP) is 3.13. The highest BCUT2D eigenvalue weighted by atomic mass is 32.1. The number of nitrogens with zero attached hydrogens (tertiary/aromatic N) is 1. The first-order valence-electron chi connectivity index (χ1n) is 7.94. The van der Waals surface area contributed by atoms with E-state index >= 15 is 0 Å². The van der Waals surface area contributed by atoms with Gasteiger partial charge in [-0.05, 0) is 44.2 Å². The van der Waals surface area contributed by atoms with Crippen molar-refractivity contribution in [2.45, 2.75) is 50.5 Å². The van der Waals surface area contributed by atoms with Crippen LogP contribution < -0.4 is 5.32 Å². The number of rotatable bonds is 7. The van der Waals surface area contributed by atoms with E-state index in [0.29, 0.717) is 6.42 Å². The molecule has 6 heteroatoms. The molecule has 2 aromatic rings. The molecule has 3 rings (SSSR count). The number of nitrogens with one attached hydrogen (secondary N) is 1. The number of aryl methyl sites for hydroxylation is 1. The highest BCUT2D eigenvalue weighted by Gasteiger charge is 2.40. The van der Waals surface area contributed by atoms with Gasteiger partial charge in [0.15, 0.2) is 0 Å². The van der Waals surface area contributed by atoms with Gasteiger partial charge in [-0.2, -0.15) is 0 Å². The second-order valence-electron chi connectivity index (χ2n) is 6.18. The molecule has 1 aliphatic carbocycles. The standard InChI is InChI=1S/C17H20N2O3S/c20-14(19-17(9-4-10-17)11-16(21)22)7-3-8-15-18-12-5-1-2-6-13(12)23-15/h1-2,5-6H,3-4,7-11H2,(H,19,20)(H,21,22). The summed E-state index contributed by atoms with van der Waals surface area (Å²) in [7, 11) is 0. The fourth-order valence-corrected chi connectivity index (χ4v) is 4.03. The van der Waals surface area contributed by atoms with Gasteiger partial charge in [-0.15, -0.1) is 11.3 Å². The van der Waals surface area contributed by atoms with Crippen LogP contribution in [0.3, 0.4) is 0 Å². The number of carboxylic acid groups (broad SMARTS) is 1. The van der Waals surface area contributed by atoms with Crippen molar-refractivity contribution in [3.05, 3.63) is 29.3 Å². The Morgan fingerprint density at radius 3 is 2.74 bits per heavy atom. The average molecular weight is 332 g/mol. The Morgan fingerprint density at radius 2 is 2.09 bits per heavy atom. The van der Waals surface area contributed by atoms with E-state index in [9.17, 15) is 9.59 Å². The maximum absolute atomic E-state index is 12.1. The first-order chi connectivity index (χ1) is 11.1. The average Bonchev–Trinajstić information content (AvgIpc) is 2.87. The first kappa shape index (κ1) is 15.9. The molecule has 23 heavy (non-hydrogen) atoms. The maximum atomic E-state index is 12.1. The van der Waals surface area contributed by atoms with E-state index < -0.39 is 11.5 Å². The summed E-state index contributed by atoms with van der Waals surface area (Å²) >= 11 is 1.67. The van der Waals surface area contributed by atoms with Crippen molar-refractivity contribution in [1.29, 1.82) is 0 Å². The number of fused-ring (bicyclic) bond motifs is 1. The molecule has 122 valence electrons. The monoisotopic (exact) mass is 332 g/mol. The minimum absolute atomic E-state index is 0.0244. The summed E-state index contributed by atoms with van der Waals surface area (Å²) in [6, 6.07) is 8.02. The van der Waals surface area contributed by atoms with Gasteiger partial charge in [0, 0.05) is 6.42 Å². The van der Waals surface area contributed by atoms with Gasteiger partial charge in [0.1, 0.15) is 0 Å². The second kappa shape index (κ2) is 6.66. The van der Waals surface area contributed by atoms with Crippen LogP contribution in [0.5, 0.6) is 0 Å². The third kappa shape index (κ3) is 3.88. The summed E-state index contributed by atoms with van der Waals surface area (Å²) in [5.41, 5.74) is 0.505. The largest absolute Gasteiger partial charge is 0.481 e. The second-order valence-corrected chi connectivity index (χ2v) is 7.30. The van der Waals surface area contributed by atoms with Crippen LogP contribution in [-0.4, -0.2) is 27.5 Å². The lowest BCUT2D eigenvalue weighted by Gasteiger charge is -2.41. The van der Waals surface area contributed by atoms with Crippen LogP contribution in [0.25, 0.3) is 10.2 Å². The summed E-state index contributed by atoms with van der Waals surface area (Å²) in [6.45, 7) is 0. The summed E-state index contributed by atoms with van der Waals surface area (Å²) in [6.07, 6.45) is 4.46. The van der Waals surface area contributed by atoms with E-state index in [0.717, 1.165) is 42.6 Å². The Labute approximate surface area is 138 Å². The highest BCUT2D eigenvalue weighted by molar-refractivity contribution is 7.18. The Balaban J connectivity index is 1.48. The highest BCUT2D eigenvalue weighted by Crippen LogP contribution is 2.35. The molecule has 0 atom stereocenters. The molecular weight excluding hydrogens is 312 g/mol. The van der Waals surface area contributed by atoms with Crippen molar-refractivity contribution >= 4 is 33.4 Å². The summed E-state index contributed by atoms with van der Waals surface area (Å²) in [5, 5.41) is 12.9. The number of aliphatic carboxylic acids is 1. The van der Waals surface area contributed by atoms with E-state index in [1.807, 2.05) is 18.2 Å². The van der Waals surface area contributed by atoms with Crippen LogP contribution in [0, 0.1) is 0 Å². The maximum Gasteiger partial charge on any atom is 0.305 e. The number of thiazole rings is 1. The molecule has 1 amide bonds. The zero-order valence-corrected chi connectivity index (χ0v) is 13.7. The zero-order chi connectivity index (χ0) is 16.3. The molecule has 5 nitrogen and oxygen atoms in total. The number of carbonyl (C=O) groups is 2.